The van der Waals surface area contributed by atoms with Crippen LogP contribution in [0.1, 0.15) is 23.6 Å². The van der Waals surface area contributed by atoms with Gasteiger partial charge < -0.3 is 11.5 Å². The highest BCUT2D eigenvalue weighted by molar-refractivity contribution is 5.85. The maximum atomic E-state index is 10.7. The summed E-state index contributed by atoms with van der Waals surface area (Å²) in [6.45, 7) is 2.18. The minimum Gasteiger partial charge on any atom is -0.330 e. The Morgan fingerprint density at radius 2 is 2.12 bits per heavy atom. The topological polar surface area (TPSA) is 95.2 Å². The molecule has 16 heavy (non-hydrogen) atoms. The molecule has 0 fully saturated rings. The number of hydrogen-bond donors (Lipinski definition) is 2. The zero-order chi connectivity index (χ0) is 11.4. The smallest absolute Gasteiger partial charge is 0.272 e. The second kappa shape index (κ2) is 6.42. The van der Waals surface area contributed by atoms with Crippen molar-refractivity contribution in [1.29, 1.82) is 0 Å². The number of nitrogens with two attached hydrogens (primary N) is 2. The van der Waals surface area contributed by atoms with Crippen molar-refractivity contribution >= 4 is 18.1 Å². The summed E-state index contributed by atoms with van der Waals surface area (Å²) < 4.78 is 0. The molecular weight excluding hydrogens is 230 g/mol. The lowest BCUT2D eigenvalue weighted by molar-refractivity contribution is -0.385. The molecule has 0 heterocycles. The maximum Gasteiger partial charge on any atom is 0.272 e. The van der Waals surface area contributed by atoms with Crippen molar-refractivity contribution in [2.45, 2.75) is 19.4 Å². The fourth-order valence-electron chi connectivity index (χ4n) is 1.40. The van der Waals surface area contributed by atoms with Crippen molar-refractivity contribution in [3.05, 3.63) is 39.4 Å². The Balaban J connectivity index is 0.00000225. The highest BCUT2D eigenvalue weighted by Crippen LogP contribution is 2.23. The van der Waals surface area contributed by atoms with Gasteiger partial charge in [0, 0.05) is 17.7 Å². The highest BCUT2D eigenvalue weighted by atomic mass is 35.5. The average molecular weight is 246 g/mol. The van der Waals surface area contributed by atoms with E-state index < -0.39 is 4.92 Å². The molecule has 0 aliphatic rings. The normalized spacial score (nSPS) is 11.7. The second-order valence-corrected chi connectivity index (χ2v) is 3.49. The van der Waals surface area contributed by atoms with Gasteiger partial charge in [0.1, 0.15) is 0 Å². The fourth-order valence-corrected chi connectivity index (χ4v) is 1.40. The summed E-state index contributed by atoms with van der Waals surface area (Å²) in [6.07, 6.45) is 0.625. The first-order valence-electron chi connectivity index (χ1n) is 4.77. The van der Waals surface area contributed by atoms with Crippen LogP contribution in [0.2, 0.25) is 0 Å². The minimum atomic E-state index is -0.395. The van der Waals surface area contributed by atoms with E-state index in [9.17, 15) is 10.1 Å². The quantitative estimate of drug-likeness (QED) is 0.623. The van der Waals surface area contributed by atoms with Gasteiger partial charge in [0.2, 0.25) is 0 Å². The summed E-state index contributed by atoms with van der Waals surface area (Å²) in [6, 6.07) is 4.82. The molecule has 0 amide bonds. The maximum absolute atomic E-state index is 10.7. The molecule has 1 atom stereocenters. The third-order valence-electron chi connectivity index (χ3n) is 2.34. The van der Waals surface area contributed by atoms with E-state index >= 15 is 0 Å². The summed E-state index contributed by atoms with van der Waals surface area (Å²) in [5.41, 5.74) is 12.7. The van der Waals surface area contributed by atoms with Crippen LogP contribution in [-0.4, -0.2) is 11.5 Å². The standard InChI is InChI=1S/C10H15N3O2.ClH/c1-7-2-3-8(9(12)4-5-11)6-10(7)13(14)15;/h2-3,6,9H,4-5,11-12H2,1H3;1H/t9-;/m0./s1. The highest BCUT2D eigenvalue weighted by Gasteiger charge is 2.13. The van der Waals surface area contributed by atoms with Crippen molar-refractivity contribution in [2.75, 3.05) is 6.54 Å². The van der Waals surface area contributed by atoms with Gasteiger partial charge in [-0.15, -0.1) is 12.4 Å². The molecule has 0 radical (unpaired) electrons. The van der Waals surface area contributed by atoms with Crippen molar-refractivity contribution in [3.63, 3.8) is 0 Å². The van der Waals surface area contributed by atoms with E-state index in [1.807, 2.05) is 6.07 Å². The number of benzene rings is 1. The van der Waals surface area contributed by atoms with E-state index in [-0.39, 0.29) is 24.1 Å². The number of nitrogens with zero attached hydrogens (tertiary/aromatic N) is 1. The van der Waals surface area contributed by atoms with Gasteiger partial charge in [-0.2, -0.15) is 0 Å². The number of aryl methyl sites for hydroxylation is 1. The Labute approximate surface area is 100 Å². The van der Waals surface area contributed by atoms with Crippen molar-refractivity contribution in [1.82, 2.24) is 0 Å². The first kappa shape index (κ1) is 14.8. The van der Waals surface area contributed by atoms with Crippen molar-refractivity contribution < 1.29 is 4.92 Å². The van der Waals surface area contributed by atoms with E-state index in [4.69, 9.17) is 11.5 Å². The van der Waals surface area contributed by atoms with Gasteiger partial charge in [0.15, 0.2) is 0 Å². The SMILES string of the molecule is Cc1ccc([C@@H](N)CCN)cc1[N+](=O)[O-].Cl. The third-order valence-corrected chi connectivity index (χ3v) is 2.34. The molecule has 0 spiro atoms. The molecule has 0 aliphatic carbocycles. The number of nitro groups is 1. The van der Waals surface area contributed by atoms with Gasteiger partial charge in [-0.1, -0.05) is 12.1 Å². The Bertz CT molecular complexity index is 371. The molecule has 0 aliphatic heterocycles. The number of halogens is 1. The molecule has 1 aromatic rings. The second-order valence-electron chi connectivity index (χ2n) is 3.49. The number of nitro benzene ring substituents is 1. The molecule has 90 valence electrons. The lowest BCUT2D eigenvalue weighted by Crippen LogP contribution is -2.15. The van der Waals surface area contributed by atoms with Gasteiger partial charge in [-0.3, -0.25) is 10.1 Å². The molecule has 4 N–H and O–H groups in total. The van der Waals surface area contributed by atoms with Crippen LogP contribution in [0.4, 0.5) is 5.69 Å². The van der Waals surface area contributed by atoms with Gasteiger partial charge in [-0.25, -0.2) is 0 Å². The Morgan fingerprint density at radius 1 is 1.50 bits per heavy atom. The number of hydrogen-bond acceptors (Lipinski definition) is 4. The van der Waals surface area contributed by atoms with Crippen LogP contribution in [-0.2, 0) is 0 Å². The Morgan fingerprint density at radius 3 is 2.62 bits per heavy atom. The molecule has 1 aromatic carbocycles. The predicted molar refractivity (Wildman–Crippen MR) is 65.7 cm³/mol. The fraction of sp³-hybridized carbons (Fsp3) is 0.400. The molecule has 0 bridgehead atoms. The largest absolute Gasteiger partial charge is 0.330 e. The van der Waals surface area contributed by atoms with Crippen molar-refractivity contribution in [2.24, 2.45) is 11.5 Å². The predicted octanol–water partition coefficient (Wildman–Crippen LogP) is 1.67. The van der Waals surface area contributed by atoms with Gasteiger partial charge in [0.05, 0.1) is 4.92 Å². The van der Waals surface area contributed by atoms with Gasteiger partial charge in [-0.05, 0) is 25.5 Å². The van der Waals surface area contributed by atoms with Crippen LogP contribution in [0.25, 0.3) is 0 Å². The lowest BCUT2D eigenvalue weighted by Gasteiger charge is -2.10. The summed E-state index contributed by atoms with van der Waals surface area (Å²) in [7, 11) is 0. The lowest BCUT2D eigenvalue weighted by atomic mass is 10.0. The molecule has 0 saturated heterocycles. The molecular formula is C10H16ClN3O2. The Hall–Kier alpha value is -1.17. The van der Waals surface area contributed by atoms with Crippen LogP contribution in [0.3, 0.4) is 0 Å². The zero-order valence-corrected chi connectivity index (χ0v) is 9.87. The van der Waals surface area contributed by atoms with Crippen LogP contribution < -0.4 is 11.5 Å². The average Bonchev–Trinajstić information content (AvgIpc) is 2.18. The van der Waals surface area contributed by atoms with Gasteiger partial charge >= 0.3 is 0 Å². The van der Waals surface area contributed by atoms with Crippen molar-refractivity contribution in [3.8, 4) is 0 Å². The summed E-state index contributed by atoms with van der Waals surface area (Å²) in [5, 5.41) is 10.7. The summed E-state index contributed by atoms with van der Waals surface area (Å²) in [5.74, 6) is 0. The molecule has 5 nitrogen and oxygen atoms in total. The van der Waals surface area contributed by atoms with Crippen LogP contribution in [0, 0.1) is 17.0 Å². The third kappa shape index (κ3) is 3.44. The van der Waals surface area contributed by atoms with E-state index in [1.165, 1.54) is 6.07 Å². The minimum absolute atomic E-state index is 0. The molecule has 0 unspecified atom stereocenters. The Kier molecular flexibility index (Phi) is 5.95. The summed E-state index contributed by atoms with van der Waals surface area (Å²) in [4.78, 5) is 10.3. The first-order valence-corrected chi connectivity index (χ1v) is 4.77. The zero-order valence-electron chi connectivity index (χ0n) is 9.05. The molecule has 6 heteroatoms. The first-order chi connectivity index (χ1) is 7.06. The number of rotatable bonds is 4. The van der Waals surface area contributed by atoms with E-state index in [1.54, 1.807) is 13.0 Å². The molecule has 0 saturated carbocycles. The monoisotopic (exact) mass is 245 g/mol. The van der Waals surface area contributed by atoms with E-state index in [0.29, 0.717) is 18.5 Å². The van der Waals surface area contributed by atoms with Crippen LogP contribution >= 0.6 is 12.4 Å². The van der Waals surface area contributed by atoms with Crippen LogP contribution in [0.5, 0.6) is 0 Å². The molecule has 0 aromatic heterocycles. The van der Waals surface area contributed by atoms with E-state index in [0.717, 1.165) is 5.56 Å². The molecule has 1 rings (SSSR count). The van der Waals surface area contributed by atoms with E-state index in [2.05, 4.69) is 0 Å². The summed E-state index contributed by atoms with van der Waals surface area (Å²) >= 11 is 0. The van der Waals surface area contributed by atoms with Gasteiger partial charge in [0.25, 0.3) is 5.69 Å². The van der Waals surface area contributed by atoms with Crippen LogP contribution in [0.15, 0.2) is 18.2 Å².